The number of ketones is 1. The zero-order chi connectivity index (χ0) is 13.3. The Kier molecular flexibility index (Phi) is 3.99. The fraction of sp³-hybridized carbons (Fsp3) is 0.417. The number of hydrogen-bond acceptors (Lipinski definition) is 3. The van der Waals surface area contributed by atoms with Crippen LogP contribution in [0.15, 0.2) is 24.3 Å². The normalized spacial score (nSPS) is 15.3. The van der Waals surface area contributed by atoms with Crippen molar-refractivity contribution in [1.29, 1.82) is 0 Å². The lowest BCUT2D eigenvalue weighted by Gasteiger charge is -2.22. The Hall–Kier alpha value is -0.870. The second-order valence-corrected chi connectivity index (χ2v) is 7.11. The molecule has 1 atom stereocenters. The Morgan fingerprint density at radius 2 is 1.88 bits per heavy atom. The highest BCUT2D eigenvalue weighted by atomic mass is 35.5. The van der Waals surface area contributed by atoms with Crippen molar-refractivity contribution in [2.75, 3.05) is 6.26 Å². The van der Waals surface area contributed by atoms with Crippen LogP contribution in [0.5, 0.6) is 0 Å². The highest BCUT2D eigenvalue weighted by Gasteiger charge is 2.45. The van der Waals surface area contributed by atoms with E-state index in [9.17, 15) is 13.2 Å². The number of alkyl halides is 1. The summed E-state index contributed by atoms with van der Waals surface area (Å²) in [6.07, 6.45) is 1.03. The van der Waals surface area contributed by atoms with Crippen LogP contribution in [-0.2, 0) is 9.84 Å². The molecule has 5 heteroatoms. The van der Waals surface area contributed by atoms with E-state index in [1.54, 1.807) is 38.1 Å². The maximum Gasteiger partial charge on any atom is 0.207 e. The molecular weight excluding hydrogens is 260 g/mol. The summed E-state index contributed by atoms with van der Waals surface area (Å²) in [6.45, 7) is 3.34. The summed E-state index contributed by atoms with van der Waals surface area (Å²) < 4.78 is 21.5. The molecule has 1 aromatic rings. The van der Waals surface area contributed by atoms with Gasteiger partial charge in [0.25, 0.3) is 0 Å². The average Bonchev–Trinajstić information content (AvgIpc) is 2.26. The first kappa shape index (κ1) is 14.2. The SMILES string of the molecule is CCC(Cl)(C(=O)c1ccccc1C)S(C)(=O)=O. The van der Waals surface area contributed by atoms with Gasteiger partial charge >= 0.3 is 0 Å². The van der Waals surface area contributed by atoms with Gasteiger partial charge < -0.3 is 0 Å². The lowest BCUT2D eigenvalue weighted by Crippen LogP contribution is -2.40. The molecule has 0 saturated carbocycles. The van der Waals surface area contributed by atoms with Crippen molar-refractivity contribution in [3.8, 4) is 0 Å². The second kappa shape index (κ2) is 4.78. The molecule has 0 bridgehead atoms. The molecule has 0 saturated heterocycles. The molecule has 0 heterocycles. The highest BCUT2D eigenvalue weighted by Crippen LogP contribution is 2.31. The van der Waals surface area contributed by atoms with Gasteiger partial charge in [-0.1, -0.05) is 42.8 Å². The molecule has 0 radical (unpaired) electrons. The minimum atomic E-state index is -3.66. The monoisotopic (exact) mass is 274 g/mol. The van der Waals surface area contributed by atoms with E-state index in [2.05, 4.69) is 0 Å². The predicted molar refractivity (Wildman–Crippen MR) is 69.2 cm³/mol. The molecule has 0 fully saturated rings. The number of carbonyl (C=O) groups excluding carboxylic acids is 1. The fourth-order valence-electron chi connectivity index (χ4n) is 1.62. The number of rotatable bonds is 4. The second-order valence-electron chi connectivity index (χ2n) is 4.00. The van der Waals surface area contributed by atoms with Gasteiger partial charge in [0, 0.05) is 11.8 Å². The Morgan fingerprint density at radius 1 is 1.35 bits per heavy atom. The smallest absolute Gasteiger partial charge is 0.207 e. The number of benzene rings is 1. The van der Waals surface area contributed by atoms with Crippen LogP contribution in [0.2, 0.25) is 0 Å². The van der Waals surface area contributed by atoms with Crippen LogP contribution in [0.4, 0.5) is 0 Å². The molecule has 1 rings (SSSR count). The Bertz CT molecular complexity index is 536. The lowest BCUT2D eigenvalue weighted by molar-refractivity contribution is 0.0970. The first-order chi connectivity index (χ1) is 7.74. The van der Waals surface area contributed by atoms with E-state index in [4.69, 9.17) is 11.6 Å². The van der Waals surface area contributed by atoms with E-state index >= 15 is 0 Å². The summed E-state index contributed by atoms with van der Waals surface area (Å²) in [4.78, 5) is 12.3. The largest absolute Gasteiger partial charge is 0.291 e. The zero-order valence-electron chi connectivity index (χ0n) is 10.0. The summed E-state index contributed by atoms with van der Waals surface area (Å²) in [5.41, 5.74) is 1.08. The van der Waals surface area contributed by atoms with Gasteiger partial charge in [-0.25, -0.2) is 8.42 Å². The number of halogens is 1. The number of aryl methyl sites for hydroxylation is 1. The molecule has 0 aliphatic heterocycles. The standard InChI is InChI=1S/C12H15ClO3S/c1-4-12(13,17(3,15)16)11(14)10-8-6-5-7-9(10)2/h5-8H,4H2,1-3H3. The van der Waals surface area contributed by atoms with Gasteiger partial charge in [-0.15, -0.1) is 0 Å². The van der Waals surface area contributed by atoms with Crippen molar-refractivity contribution in [3.05, 3.63) is 35.4 Å². The number of hydrogen-bond donors (Lipinski definition) is 0. The van der Waals surface area contributed by atoms with Crippen molar-refractivity contribution >= 4 is 27.2 Å². The molecular formula is C12H15ClO3S. The van der Waals surface area contributed by atoms with Gasteiger partial charge in [-0.05, 0) is 18.9 Å². The van der Waals surface area contributed by atoms with Crippen LogP contribution >= 0.6 is 11.6 Å². The minimum Gasteiger partial charge on any atom is -0.291 e. The summed E-state index contributed by atoms with van der Waals surface area (Å²) >= 11 is 6.02. The number of sulfone groups is 1. The highest BCUT2D eigenvalue weighted by molar-refractivity contribution is 7.94. The maximum atomic E-state index is 12.3. The van der Waals surface area contributed by atoms with Gasteiger partial charge in [0.15, 0.2) is 15.6 Å². The van der Waals surface area contributed by atoms with E-state index in [1.165, 1.54) is 0 Å². The van der Waals surface area contributed by atoms with Crippen LogP contribution in [0.25, 0.3) is 0 Å². The first-order valence-electron chi connectivity index (χ1n) is 5.23. The van der Waals surface area contributed by atoms with E-state index in [0.29, 0.717) is 5.56 Å². The van der Waals surface area contributed by atoms with E-state index in [0.717, 1.165) is 11.8 Å². The lowest BCUT2D eigenvalue weighted by atomic mass is 10.0. The Balaban J connectivity index is 3.35. The minimum absolute atomic E-state index is 0.0422. The molecule has 94 valence electrons. The van der Waals surface area contributed by atoms with Gasteiger partial charge in [0.05, 0.1) is 0 Å². The number of Topliss-reactive ketones (excluding diaryl/α,β-unsaturated/α-hetero) is 1. The predicted octanol–water partition coefficient (Wildman–Crippen LogP) is 2.57. The van der Waals surface area contributed by atoms with Gasteiger partial charge in [0.2, 0.25) is 4.21 Å². The van der Waals surface area contributed by atoms with Crippen molar-refractivity contribution in [1.82, 2.24) is 0 Å². The molecule has 17 heavy (non-hydrogen) atoms. The van der Waals surface area contributed by atoms with Gasteiger partial charge in [-0.3, -0.25) is 4.79 Å². The van der Waals surface area contributed by atoms with Gasteiger partial charge in [-0.2, -0.15) is 0 Å². The van der Waals surface area contributed by atoms with E-state index < -0.39 is 19.8 Å². The number of carbonyl (C=O) groups is 1. The Labute approximate surface area is 107 Å². The van der Waals surface area contributed by atoms with Crippen LogP contribution in [0.1, 0.15) is 29.3 Å². The molecule has 0 spiro atoms. The fourth-order valence-corrected chi connectivity index (χ4v) is 2.69. The quantitative estimate of drug-likeness (QED) is 0.626. The van der Waals surface area contributed by atoms with Crippen LogP contribution in [0.3, 0.4) is 0 Å². The van der Waals surface area contributed by atoms with Crippen LogP contribution in [-0.4, -0.2) is 24.7 Å². The maximum absolute atomic E-state index is 12.3. The molecule has 0 aliphatic rings. The van der Waals surface area contributed by atoms with Crippen molar-refractivity contribution in [3.63, 3.8) is 0 Å². The Morgan fingerprint density at radius 3 is 2.29 bits per heavy atom. The van der Waals surface area contributed by atoms with Crippen molar-refractivity contribution in [2.24, 2.45) is 0 Å². The summed E-state index contributed by atoms with van der Waals surface area (Å²) in [6, 6.07) is 6.82. The third-order valence-electron chi connectivity index (χ3n) is 2.77. The molecule has 0 aromatic heterocycles. The molecule has 1 unspecified atom stereocenters. The summed E-state index contributed by atoms with van der Waals surface area (Å²) in [5, 5.41) is 0. The van der Waals surface area contributed by atoms with Crippen molar-refractivity contribution < 1.29 is 13.2 Å². The molecule has 3 nitrogen and oxygen atoms in total. The molecule has 0 amide bonds. The van der Waals surface area contributed by atoms with E-state index in [1.807, 2.05) is 0 Å². The summed E-state index contributed by atoms with van der Waals surface area (Å²) in [5.74, 6) is -0.553. The first-order valence-corrected chi connectivity index (χ1v) is 7.50. The van der Waals surface area contributed by atoms with Crippen LogP contribution in [0, 0.1) is 6.92 Å². The molecule has 1 aromatic carbocycles. The molecule has 0 N–H and O–H groups in total. The molecule has 0 aliphatic carbocycles. The van der Waals surface area contributed by atoms with E-state index in [-0.39, 0.29) is 6.42 Å². The third kappa shape index (κ3) is 2.53. The van der Waals surface area contributed by atoms with Gasteiger partial charge in [0.1, 0.15) is 0 Å². The van der Waals surface area contributed by atoms with Crippen LogP contribution < -0.4 is 0 Å². The topological polar surface area (TPSA) is 51.2 Å². The zero-order valence-corrected chi connectivity index (χ0v) is 11.6. The summed E-state index contributed by atoms with van der Waals surface area (Å²) in [7, 11) is -3.66. The van der Waals surface area contributed by atoms with Crippen molar-refractivity contribution in [2.45, 2.75) is 24.5 Å². The third-order valence-corrected chi connectivity index (χ3v) is 5.70. The average molecular weight is 275 g/mol.